The molecule has 3 aromatic rings. The Hall–Kier alpha value is -3.92. The number of anilines is 3. The van der Waals surface area contributed by atoms with E-state index in [9.17, 15) is 19.7 Å². The fourth-order valence-electron chi connectivity index (χ4n) is 3.24. The average molecular weight is 471 g/mol. The van der Waals surface area contributed by atoms with E-state index in [1.165, 1.54) is 18.2 Å². The number of amides is 2. The van der Waals surface area contributed by atoms with Crippen molar-refractivity contribution in [2.75, 3.05) is 22.5 Å². The summed E-state index contributed by atoms with van der Waals surface area (Å²) in [4.78, 5) is 35.4. The number of carbonyl (C=O) groups excluding carboxylic acids is 2. The Kier molecular flexibility index (Phi) is 7.29. The molecule has 2 amide bonds. The van der Waals surface area contributed by atoms with Gasteiger partial charge in [0.25, 0.3) is 5.69 Å². The first-order chi connectivity index (χ1) is 15.7. The second-order valence-corrected chi connectivity index (χ2v) is 7.81. The van der Waals surface area contributed by atoms with Crippen molar-refractivity contribution in [2.45, 2.75) is 26.8 Å². The molecule has 1 heterocycles. The van der Waals surface area contributed by atoms with Gasteiger partial charge in [-0.2, -0.15) is 5.10 Å². The van der Waals surface area contributed by atoms with Gasteiger partial charge in [0.15, 0.2) is 0 Å². The van der Waals surface area contributed by atoms with Crippen molar-refractivity contribution in [3.63, 3.8) is 0 Å². The minimum atomic E-state index is -0.540. The Morgan fingerprint density at radius 1 is 1.12 bits per heavy atom. The first kappa shape index (κ1) is 23.7. The van der Waals surface area contributed by atoms with Crippen molar-refractivity contribution >= 4 is 46.2 Å². The molecule has 10 nitrogen and oxygen atoms in total. The number of nitro benzene ring substituents is 1. The van der Waals surface area contributed by atoms with E-state index in [2.05, 4.69) is 21.0 Å². The third-order valence-electron chi connectivity index (χ3n) is 4.84. The summed E-state index contributed by atoms with van der Waals surface area (Å²) >= 11 is 6.29. The van der Waals surface area contributed by atoms with Gasteiger partial charge >= 0.3 is 0 Å². The zero-order chi connectivity index (χ0) is 24.1. The van der Waals surface area contributed by atoms with Crippen molar-refractivity contribution in [1.82, 2.24) is 9.78 Å². The van der Waals surface area contributed by atoms with Gasteiger partial charge < -0.3 is 16.0 Å². The van der Waals surface area contributed by atoms with E-state index in [1.54, 1.807) is 35.9 Å². The van der Waals surface area contributed by atoms with E-state index in [1.807, 2.05) is 19.9 Å². The molecule has 33 heavy (non-hydrogen) atoms. The van der Waals surface area contributed by atoms with Gasteiger partial charge in [-0.05, 0) is 51.1 Å². The van der Waals surface area contributed by atoms with Crippen LogP contribution in [0.5, 0.6) is 0 Å². The number of rotatable bonds is 8. The van der Waals surface area contributed by atoms with Crippen LogP contribution in [0.25, 0.3) is 0 Å². The number of para-hydroxylation sites is 2. The van der Waals surface area contributed by atoms with E-state index >= 15 is 0 Å². The summed E-state index contributed by atoms with van der Waals surface area (Å²) in [5.74, 6) is -0.701. The number of aromatic nitrogens is 2. The first-order valence-corrected chi connectivity index (χ1v) is 10.4. The van der Waals surface area contributed by atoms with E-state index < -0.39 is 16.9 Å². The van der Waals surface area contributed by atoms with Gasteiger partial charge in [0, 0.05) is 17.4 Å². The highest BCUT2D eigenvalue weighted by atomic mass is 35.5. The largest absolute Gasteiger partial charge is 0.371 e. The van der Waals surface area contributed by atoms with Gasteiger partial charge in [-0.3, -0.25) is 24.4 Å². The predicted octanol–water partition coefficient (Wildman–Crippen LogP) is 4.31. The second-order valence-electron chi connectivity index (χ2n) is 7.41. The Morgan fingerprint density at radius 3 is 2.48 bits per heavy atom. The third-order valence-corrected chi connectivity index (χ3v) is 5.15. The van der Waals surface area contributed by atoms with Crippen LogP contribution in [-0.2, 0) is 9.59 Å². The maximum atomic E-state index is 12.6. The lowest BCUT2D eigenvalue weighted by Gasteiger charge is -2.16. The molecule has 0 fully saturated rings. The highest BCUT2D eigenvalue weighted by molar-refractivity contribution is 6.34. The fourth-order valence-corrected chi connectivity index (χ4v) is 3.47. The second kappa shape index (κ2) is 10.1. The maximum Gasteiger partial charge on any atom is 0.292 e. The molecular weight excluding hydrogens is 448 g/mol. The number of carbonyl (C=O) groups is 2. The van der Waals surface area contributed by atoms with Crippen LogP contribution in [0.2, 0.25) is 5.02 Å². The number of nitrogens with zero attached hydrogens (tertiary/aromatic N) is 3. The zero-order valence-electron chi connectivity index (χ0n) is 18.3. The van der Waals surface area contributed by atoms with Crippen LogP contribution in [0.15, 0.2) is 48.5 Å². The normalized spacial score (nSPS) is 11.5. The molecule has 172 valence electrons. The summed E-state index contributed by atoms with van der Waals surface area (Å²) in [7, 11) is 0. The summed E-state index contributed by atoms with van der Waals surface area (Å²) in [6.07, 6.45) is 0. The number of nitro groups is 1. The molecule has 2 aromatic carbocycles. The van der Waals surface area contributed by atoms with Crippen LogP contribution in [0.4, 0.5) is 22.7 Å². The lowest BCUT2D eigenvalue weighted by Crippen LogP contribution is -2.25. The molecule has 1 atom stereocenters. The topological polar surface area (TPSA) is 131 Å². The molecule has 0 radical (unpaired) electrons. The fraction of sp³-hybridized carbons (Fsp3) is 0.227. The van der Waals surface area contributed by atoms with E-state index in [4.69, 9.17) is 11.6 Å². The van der Waals surface area contributed by atoms with Crippen molar-refractivity contribution in [2.24, 2.45) is 0 Å². The molecule has 3 rings (SSSR count). The average Bonchev–Trinajstić information content (AvgIpc) is 3.11. The van der Waals surface area contributed by atoms with Crippen LogP contribution in [0, 0.1) is 24.0 Å². The molecule has 0 aliphatic rings. The van der Waals surface area contributed by atoms with Crippen molar-refractivity contribution in [1.29, 1.82) is 0 Å². The summed E-state index contributed by atoms with van der Waals surface area (Å²) in [5.41, 5.74) is 2.62. The molecule has 0 saturated heterocycles. The van der Waals surface area contributed by atoms with Crippen molar-refractivity contribution in [3.8, 4) is 0 Å². The van der Waals surface area contributed by atoms with E-state index in [-0.39, 0.29) is 28.8 Å². The molecule has 0 spiro atoms. The van der Waals surface area contributed by atoms with Crippen molar-refractivity contribution in [3.05, 3.63) is 75.1 Å². The minimum Gasteiger partial charge on any atom is -0.371 e. The number of nitrogens with one attached hydrogen (secondary N) is 3. The highest BCUT2D eigenvalue weighted by Gasteiger charge is 2.19. The van der Waals surface area contributed by atoms with Gasteiger partial charge in [0.1, 0.15) is 11.7 Å². The van der Waals surface area contributed by atoms with Gasteiger partial charge in [-0.1, -0.05) is 23.7 Å². The molecule has 1 unspecified atom stereocenters. The highest BCUT2D eigenvalue weighted by Crippen LogP contribution is 2.27. The Labute approximate surface area is 195 Å². The van der Waals surface area contributed by atoms with E-state index in [0.717, 1.165) is 11.4 Å². The number of hydrogen-bond acceptors (Lipinski definition) is 6. The quantitative estimate of drug-likeness (QED) is 0.332. The molecular formula is C22H23ClN6O4. The number of halogens is 1. The first-order valence-electron chi connectivity index (χ1n) is 10.1. The predicted molar refractivity (Wildman–Crippen MR) is 127 cm³/mol. The van der Waals surface area contributed by atoms with Gasteiger partial charge in [-0.15, -0.1) is 0 Å². The van der Waals surface area contributed by atoms with Crippen LogP contribution in [0.3, 0.4) is 0 Å². The Morgan fingerprint density at radius 2 is 1.85 bits per heavy atom. The number of hydrogen-bond donors (Lipinski definition) is 3. The standard InChI is InChI=1S/C22H23ClN6O4/c1-13-10-14(2)28(27-13)15(3)22(31)26-18-9-8-16(11-17(18)23)25-21(30)12-24-19-6-4-5-7-20(19)29(32)33/h4-11,15,24H,12H2,1-3H3,(H,25,30)(H,26,31). The van der Waals surface area contributed by atoms with Gasteiger partial charge in [-0.25, -0.2) is 0 Å². The van der Waals surface area contributed by atoms with E-state index in [0.29, 0.717) is 11.4 Å². The maximum absolute atomic E-state index is 12.6. The molecule has 0 aliphatic heterocycles. The molecule has 1 aromatic heterocycles. The van der Waals surface area contributed by atoms with Crippen molar-refractivity contribution < 1.29 is 14.5 Å². The summed E-state index contributed by atoms with van der Waals surface area (Å²) in [5, 5.41) is 23.8. The molecule has 11 heteroatoms. The minimum absolute atomic E-state index is 0.122. The van der Waals surface area contributed by atoms with Crippen LogP contribution in [0.1, 0.15) is 24.4 Å². The van der Waals surface area contributed by atoms with Gasteiger partial charge in [0.2, 0.25) is 11.8 Å². The zero-order valence-corrected chi connectivity index (χ0v) is 19.0. The number of benzene rings is 2. The van der Waals surface area contributed by atoms with Crippen LogP contribution in [-0.4, -0.2) is 33.1 Å². The SMILES string of the molecule is Cc1cc(C)n(C(C)C(=O)Nc2ccc(NC(=O)CNc3ccccc3[N+](=O)[O-])cc2Cl)n1. The molecule has 0 aliphatic carbocycles. The monoisotopic (exact) mass is 470 g/mol. The molecule has 0 bridgehead atoms. The third kappa shape index (κ3) is 5.86. The Balaban J connectivity index is 1.60. The summed E-state index contributed by atoms with van der Waals surface area (Å²) < 4.78 is 1.64. The molecule has 0 saturated carbocycles. The van der Waals surface area contributed by atoms with Crippen LogP contribution < -0.4 is 16.0 Å². The summed E-state index contributed by atoms with van der Waals surface area (Å²) in [6.45, 7) is 5.29. The Bertz CT molecular complexity index is 1210. The molecule has 3 N–H and O–H groups in total. The lowest BCUT2D eigenvalue weighted by molar-refractivity contribution is -0.383. The lowest BCUT2D eigenvalue weighted by atomic mass is 10.2. The van der Waals surface area contributed by atoms with Crippen LogP contribution >= 0.6 is 11.6 Å². The number of aryl methyl sites for hydroxylation is 2. The smallest absolute Gasteiger partial charge is 0.292 e. The van der Waals surface area contributed by atoms with Gasteiger partial charge in [0.05, 0.1) is 27.9 Å². The summed E-state index contributed by atoms with van der Waals surface area (Å²) in [6, 6.07) is 12.1.